The zero-order valence-corrected chi connectivity index (χ0v) is 5.80. The fraction of sp³-hybridized carbons (Fsp3) is 0. The van der Waals surface area contributed by atoms with Gasteiger partial charge in [-0.05, 0) is 0 Å². The first-order chi connectivity index (χ1) is 3.79. The number of hydrogen-bond acceptors (Lipinski definition) is 1. The Kier molecular flexibility index (Phi) is 1.48. The van der Waals surface area contributed by atoms with Gasteiger partial charge in [0.25, 0.3) is 0 Å². The summed E-state index contributed by atoms with van der Waals surface area (Å²) in [4.78, 5) is 0. The number of pyridine rings is 1. The second kappa shape index (κ2) is 2.13. The zero-order chi connectivity index (χ0) is 5.98. The molecule has 0 spiro atoms. The lowest BCUT2D eigenvalue weighted by atomic mass is 10.5. The summed E-state index contributed by atoms with van der Waals surface area (Å²) in [6.07, 6.45) is 3.54. The first-order valence-corrected chi connectivity index (χ1v) is 3.00. The Morgan fingerprint density at radius 2 is 1.88 bits per heavy atom. The number of hydrogen-bond donors (Lipinski definition) is 1. The molecule has 3 heteroatoms. The van der Waals surface area contributed by atoms with Crippen LogP contribution in [0.15, 0.2) is 29.0 Å². The van der Waals surface area contributed by atoms with Gasteiger partial charge in [-0.25, -0.2) is 5.84 Å². The molecule has 1 aromatic rings. The van der Waals surface area contributed by atoms with Crippen molar-refractivity contribution in [2.45, 2.75) is 0 Å². The van der Waals surface area contributed by atoms with Gasteiger partial charge in [0.2, 0.25) is 0 Å². The number of nitrogens with zero attached hydrogens (tertiary/aromatic N) is 1. The number of rotatable bonds is 0. The van der Waals surface area contributed by atoms with Gasteiger partial charge in [0.1, 0.15) is 0 Å². The molecule has 0 aliphatic heterocycles. The smallest absolute Gasteiger partial charge is 0.200 e. The molecule has 1 rings (SSSR count). The normalized spacial score (nSPS) is 9.12. The van der Waals surface area contributed by atoms with E-state index in [1.807, 2.05) is 12.1 Å². The topological polar surface area (TPSA) is 29.9 Å². The van der Waals surface area contributed by atoms with Gasteiger partial charge in [0.15, 0.2) is 12.4 Å². The molecule has 2 N–H and O–H groups in total. The molecule has 0 radical (unpaired) electrons. The maximum atomic E-state index is 5.32. The molecule has 0 saturated carbocycles. The lowest BCUT2D eigenvalue weighted by Gasteiger charge is -1.82. The first-order valence-electron chi connectivity index (χ1n) is 2.21. The highest BCUT2D eigenvalue weighted by molar-refractivity contribution is 9.10. The Balaban J connectivity index is 3.03. The minimum Gasteiger partial charge on any atom is -0.205 e. The molecule has 0 aromatic carbocycles. The number of halogens is 1. The third-order valence-corrected chi connectivity index (χ3v) is 1.34. The number of nitrogens with two attached hydrogens (primary N) is 1. The Morgan fingerprint density at radius 3 is 2.25 bits per heavy atom. The molecule has 0 unspecified atom stereocenters. The van der Waals surface area contributed by atoms with Gasteiger partial charge in [-0.2, -0.15) is 0 Å². The Labute approximate surface area is 56.0 Å². The molecule has 42 valence electrons. The minimum atomic E-state index is 1.04. The van der Waals surface area contributed by atoms with E-state index < -0.39 is 0 Å². The number of nitrogen functional groups attached to an aromatic ring is 1. The highest BCUT2D eigenvalue weighted by Gasteiger charge is 1.88. The van der Waals surface area contributed by atoms with Crippen molar-refractivity contribution in [3.63, 3.8) is 0 Å². The van der Waals surface area contributed by atoms with Crippen molar-refractivity contribution in [2.24, 2.45) is 0 Å². The Bertz CT molecular complexity index is 149. The predicted molar refractivity (Wildman–Crippen MR) is 34.5 cm³/mol. The maximum absolute atomic E-state index is 5.32. The summed E-state index contributed by atoms with van der Waals surface area (Å²) < 4.78 is 2.53. The molecule has 0 amide bonds. The quantitative estimate of drug-likeness (QED) is 0.449. The lowest BCUT2D eigenvalue weighted by Crippen LogP contribution is -2.43. The second-order valence-corrected chi connectivity index (χ2v) is 2.38. The lowest BCUT2D eigenvalue weighted by molar-refractivity contribution is -0.639. The van der Waals surface area contributed by atoms with Gasteiger partial charge < -0.3 is 0 Å². The zero-order valence-electron chi connectivity index (χ0n) is 4.21. The molecule has 0 saturated heterocycles. The van der Waals surface area contributed by atoms with E-state index in [-0.39, 0.29) is 0 Å². The number of aromatic nitrogens is 1. The molecule has 0 aliphatic rings. The minimum absolute atomic E-state index is 1.04. The predicted octanol–water partition coefficient (Wildman–Crippen LogP) is 0.450. The van der Waals surface area contributed by atoms with Crippen molar-refractivity contribution in [1.29, 1.82) is 0 Å². The molecule has 0 aliphatic carbocycles. The first kappa shape index (κ1) is 5.56. The van der Waals surface area contributed by atoms with E-state index in [1.54, 1.807) is 12.4 Å². The second-order valence-electron chi connectivity index (χ2n) is 1.46. The van der Waals surface area contributed by atoms with E-state index in [9.17, 15) is 0 Å². The van der Waals surface area contributed by atoms with E-state index in [0.29, 0.717) is 0 Å². The van der Waals surface area contributed by atoms with Gasteiger partial charge in [-0.15, -0.1) is 0 Å². The molecule has 1 heterocycles. The van der Waals surface area contributed by atoms with E-state index in [2.05, 4.69) is 15.9 Å². The van der Waals surface area contributed by atoms with Crippen molar-refractivity contribution < 1.29 is 4.68 Å². The van der Waals surface area contributed by atoms with Crippen molar-refractivity contribution in [3.8, 4) is 0 Å². The van der Waals surface area contributed by atoms with Gasteiger partial charge in [-0.1, -0.05) is 20.6 Å². The third kappa shape index (κ3) is 1.20. The van der Waals surface area contributed by atoms with Crippen LogP contribution in [0.1, 0.15) is 0 Å². The Hall–Kier alpha value is -0.570. The van der Waals surface area contributed by atoms with Gasteiger partial charge in [0.05, 0.1) is 0 Å². The highest BCUT2D eigenvalue weighted by Crippen LogP contribution is 2.02. The van der Waals surface area contributed by atoms with E-state index in [0.717, 1.165) is 4.47 Å². The fourth-order valence-electron chi connectivity index (χ4n) is 0.420. The summed E-state index contributed by atoms with van der Waals surface area (Å²) >= 11 is 3.28. The molecule has 0 fully saturated rings. The largest absolute Gasteiger partial charge is 0.205 e. The summed E-state index contributed by atoms with van der Waals surface area (Å²) in [7, 11) is 0. The summed E-state index contributed by atoms with van der Waals surface area (Å²) in [5, 5.41) is 0. The molecule has 0 atom stereocenters. The van der Waals surface area contributed by atoms with E-state index >= 15 is 0 Å². The van der Waals surface area contributed by atoms with Crippen LogP contribution in [-0.4, -0.2) is 0 Å². The van der Waals surface area contributed by atoms with Gasteiger partial charge >= 0.3 is 0 Å². The summed E-state index contributed by atoms with van der Waals surface area (Å²) in [5.74, 6) is 5.32. The SMILES string of the molecule is N[n+]1ccc(Br)cc1. The van der Waals surface area contributed by atoms with Crippen LogP contribution in [0.2, 0.25) is 0 Å². The Morgan fingerprint density at radius 1 is 1.38 bits per heavy atom. The maximum Gasteiger partial charge on any atom is 0.200 e. The van der Waals surface area contributed by atoms with Crippen LogP contribution in [0.25, 0.3) is 0 Å². The van der Waals surface area contributed by atoms with Crippen molar-refractivity contribution >= 4 is 15.9 Å². The van der Waals surface area contributed by atoms with Crippen molar-refractivity contribution in [1.82, 2.24) is 0 Å². The fourth-order valence-corrected chi connectivity index (χ4v) is 0.656. The van der Waals surface area contributed by atoms with Crippen LogP contribution in [-0.2, 0) is 0 Å². The molecule has 0 bridgehead atoms. The van der Waals surface area contributed by atoms with Crippen molar-refractivity contribution in [2.75, 3.05) is 5.84 Å². The summed E-state index contributed by atoms with van der Waals surface area (Å²) in [5.41, 5.74) is 0. The average molecular weight is 174 g/mol. The van der Waals surface area contributed by atoms with Crippen LogP contribution in [0, 0.1) is 0 Å². The monoisotopic (exact) mass is 173 g/mol. The highest BCUT2D eigenvalue weighted by atomic mass is 79.9. The van der Waals surface area contributed by atoms with Crippen LogP contribution in [0.4, 0.5) is 0 Å². The standard InChI is InChI=1S/C5H6BrN2/c6-5-1-3-8(7)4-2-5/h1-4H,7H2/q+1. The van der Waals surface area contributed by atoms with Crippen molar-refractivity contribution in [3.05, 3.63) is 29.0 Å². The molecule has 2 nitrogen and oxygen atoms in total. The molecular formula is C5H6BrN2+. The molecule has 8 heavy (non-hydrogen) atoms. The molecule has 1 aromatic heterocycles. The van der Waals surface area contributed by atoms with Crippen LogP contribution >= 0.6 is 15.9 Å². The summed E-state index contributed by atoms with van der Waals surface area (Å²) in [6.45, 7) is 0. The van der Waals surface area contributed by atoms with E-state index in [4.69, 9.17) is 5.84 Å². The van der Waals surface area contributed by atoms with Gasteiger partial charge in [-0.3, -0.25) is 0 Å². The van der Waals surface area contributed by atoms with Crippen LogP contribution in [0.3, 0.4) is 0 Å². The van der Waals surface area contributed by atoms with Gasteiger partial charge in [0, 0.05) is 16.6 Å². The average Bonchev–Trinajstić information content (AvgIpc) is 1.77. The van der Waals surface area contributed by atoms with Crippen LogP contribution < -0.4 is 10.5 Å². The summed E-state index contributed by atoms with van der Waals surface area (Å²) in [6, 6.07) is 3.75. The molecular weight excluding hydrogens is 168 g/mol. The van der Waals surface area contributed by atoms with Crippen LogP contribution in [0.5, 0.6) is 0 Å². The third-order valence-electron chi connectivity index (χ3n) is 0.812. The van der Waals surface area contributed by atoms with E-state index in [1.165, 1.54) is 4.68 Å².